The van der Waals surface area contributed by atoms with Crippen LogP contribution in [0.3, 0.4) is 0 Å². The van der Waals surface area contributed by atoms with Crippen molar-refractivity contribution in [2.75, 3.05) is 83.7 Å². The minimum Gasteiger partial charge on any atom is -0.460 e. The maximum absolute atomic E-state index is 11.8. The summed E-state index contributed by atoms with van der Waals surface area (Å²) < 4.78 is 32.2. The quantitative estimate of drug-likeness (QED) is 0.0349. The number of halogens is 2. The Balaban J connectivity index is 0.000000161. The first-order valence-corrected chi connectivity index (χ1v) is 42.3. The maximum Gasteiger partial charge on any atom is 0.306 e. The Labute approximate surface area is 701 Å². The Bertz CT molecular complexity index is 4170. The molecule has 7 aromatic heterocycles. The molecular formula is C84H123BrClN23O8. The Morgan fingerprint density at radius 1 is 0.427 bits per heavy atom. The number of fused-ring (bicyclic) bond motifs is 2. The van der Waals surface area contributed by atoms with E-state index >= 15 is 0 Å². The lowest BCUT2D eigenvalue weighted by molar-refractivity contribution is -0.157. The fourth-order valence-electron chi connectivity index (χ4n) is 14.9. The topological polar surface area (TPSA) is 410 Å². The van der Waals surface area contributed by atoms with Crippen LogP contribution in [0.15, 0.2) is 130 Å². The van der Waals surface area contributed by atoms with E-state index in [0.29, 0.717) is 84.1 Å². The van der Waals surface area contributed by atoms with E-state index in [1.54, 1.807) is 68.0 Å². The van der Waals surface area contributed by atoms with E-state index in [2.05, 4.69) is 130 Å². The van der Waals surface area contributed by atoms with E-state index in [-0.39, 0.29) is 30.6 Å². The van der Waals surface area contributed by atoms with Gasteiger partial charge < -0.3 is 67.2 Å². The van der Waals surface area contributed by atoms with Crippen molar-refractivity contribution < 1.29 is 37.8 Å². The third kappa shape index (κ3) is 33.7. The number of carbonyl (C=O) groups excluding carboxylic acids is 2. The van der Waals surface area contributed by atoms with Gasteiger partial charge >= 0.3 is 11.9 Å². The average Bonchev–Trinajstić information content (AvgIpc) is 1.71. The van der Waals surface area contributed by atoms with Crippen molar-refractivity contribution in [1.82, 2.24) is 70.5 Å². The number of hydrogen-bond donors (Lipinski definition) is 7. The van der Waals surface area contributed by atoms with Crippen LogP contribution >= 0.6 is 27.5 Å². The third-order valence-corrected chi connectivity index (χ3v) is 21.8. The summed E-state index contributed by atoms with van der Waals surface area (Å²) in [4.78, 5) is 68.8. The zero-order valence-electron chi connectivity index (χ0n) is 68.1. The molecule has 117 heavy (non-hydrogen) atoms. The highest BCUT2D eigenvalue weighted by atomic mass is 79.9. The summed E-state index contributed by atoms with van der Waals surface area (Å²) in [5.41, 5.74) is 23.6. The van der Waals surface area contributed by atoms with Crippen molar-refractivity contribution in [2.24, 2.45) is 35.0 Å². The first kappa shape index (κ1) is 91.8. The minimum absolute atomic E-state index is 0. The lowest BCUT2D eigenvalue weighted by Crippen LogP contribution is -2.36. The van der Waals surface area contributed by atoms with Crippen LogP contribution < -0.4 is 48.3 Å². The number of nitrogens with zero attached hydrogens (tertiary/aromatic N) is 16. The standard InChI is InChI=1S/C21H26N6O2.C16H25N3O2.C12H23NO2.C10H10BrN3O2.2C10H16N4.C4H3ClN2.CH4/c1-6-22-21(23-7-1)24-17-4-2-15(3-5-17)12-16-13-18(27-8-10-28-11-9-27)14-19-20(16)26-29-25-19;1-16(2,3)21-14(20)11-12-5-7-13(8-6-12)19-15-17-9-4-10-18-15;1-12(2,3)15-11(14)8-9-4-6-10(13)7-5-9;11-8-5-7(14-1-3-15-4-2-14)6-9-10(8)13-16-12-9;2*11-8-2-4-9(5-3-8)14-10-12-6-1-7-13-10;5-4-6-2-1-3-7-4;/h1,6-7,13-15,17H,2-5,8-12H2,(H,22,23,24);4,9-10,12-13H,5-8,11H2,1-3H3,(H,17,18,19);9-10H,4-8,13H2,1-3H3;5-6H,1-4H2;2*1,6-9H,2-5,11H2,(H,12,13,14);1-3H;1H4. The molecule has 636 valence electrons. The normalized spacial score (nSPS) is 22.6. The lowest BCUT2D eigenvalue weighted by Gasteiger charge is -2.30. The zero-order chi connectivity index (χ0) is 81.9. The van der Waals surface area contributed by atoms with Crippen molar-refractivity contribution in [1.29, 1.82) is 0 Å². The van der Waals surface area contributed by atoms with Gasteiger partial charge in [0.05, 0.1) is 30.9 Å². The number of benzene rings is 2. The van der Waals surface area contributed by atoms with Gasteiger partial charge in [-0.25, -0.2) is 59.1 Å². The molecule has 2 aromatic carbocycles. The first-order chi connectivity index (χ1) is 56.1. The number of esters is 2. The average molecular weight is 1700 g/mol. The highest BCUT2D eigenvalue weighted by molar-refractivity contribution is 9.10. The molecule has 31 nitrogen and oxygen atoms in total. The van der Waals surface area contributed by atoms with E-state index in [9.17, 15) is 9.59 Å². The summed E-state index contributed by atoms with van der Waals surface area (Å²) in [5.74, 6) is 4.30. The number of nitrogens with one attached hydrogen (secondary N) is 4. The highest BCUT2D eigenvalue weighted by Gasteiger charge is 2.29. The number of rotatable bonds is 16. The lowest BCUT2D eigenvalue weighted by atomic mass is 9.82. The van der Waals surface area contributed by atoms with Gasteiger partial charge in [-0.1, -0.05) is 7.43 Å². The number of carbonyl (C=O) groups is 2. The van der Waals surface area contributed by atoms with Crippen molar-refractivity contribution in [2.45, 2.75) is 250 Å². The maximum atomic E-state index is 11.8. The first-order valence-electron chi connectivity index (χ1n) is 41.2. The van der Waals surface area contributed by atoms with Gasteiger partial charge in [0.25, 0.3) is 0 Å². The second-order valence-electron chi connectivity index (χ2n) is 32.6. The molecule has 7 aliphatic rings. The molecule has 0 spiro atoms. The largest absolute Gasteiger partial charge is 0.460 e. The smallest absolute Gasteiger partial charge is 0.306 e. The fourth-order valence-corrected chi connectivity index (χ4v) is 15.6. The molecule has 0 bridgehead atoms. The molecule has 2 saturated heterocycles. The van der Waals surface area contributed by atoms with Crippen LogP contribution in [-0.2, 0) is 35.0 Å². The van der Waals surface area contributed by atoms with E-state index in [4.69, 9.17) is 57.0 Å². The fraction of sp³-hybridized carbons (Fsp3) is 0.595. The van der Waals surface area contributed by atoms with Gasteiger partial charge in [-0.3, -0.25) is 9.59 Å². The van der Waals surface area contributed by atoms with Crippen molar-refractivity contribution >= 4 is 96.7 Å². The molecule has 0 radical (unpaired) electrons. The SMILES string of the molecule is Brc1cc(N2CCOCC2)cc2nonc12.C.CC(C)(C)OC(=O)CC1CCC(N)CC1.CC(C)(C)OC(=O)CC1CCC(Nc2ncccn2)CC1.Clc1ncccn1.NC1CCC(Nc2ncccn2)CC1.NC1CCC(Nc2ncccn2)CC1.c1cnc(NC2CCC(Cc3cc(N4CCOCC4)cc4nonc34)CC2)nc1. The van der Waals surface area contributed by atoms with E-state index < -0.39 is 0 Å². The van der Waals surface area contributed by atoms with Gasteiger partial charge in [-0.2, -0.15) is 0 Å². The molecule has 33 heteroatoms. The number of aromatic nitrogens is 14. The third-order valence-electron chi connectivity index (χ3n) is 21.0. The summed E-state index contributed by atoms with van der Waals surface area (Å²) in [5, 5.41) is 29.8. The minimum atomic E-state index is -0.388. The Morgan fingerprint density at radius 3 is 1.07 bits per heavy atom. The molecule has 2 aliphatic heterocycles. The van der Waals surface area contributed by atoms with Crippen LogP contribution in [-0.4, -0.2) is 189 Å². The molecule has 0 amide bonds. The molecule has 5 aliphatic carbocycles. The molecule has 9 aromatic rings. The van der Waals surface area contributed by atoms with Crippen LogP contribution in [0.25, 0.3) is 22.1 Å². The zero-order valence-corrected chi connectivity index (χ0v) is 70.4. The van der Waals surface area contributed by atoms with Gasteiger partial charge in [-0.05, 0) is 302 Å². The molecule has 10 N–H and O–H groups in total. The predicted octanol–water partition coefficient (Wildman–Crippen LogP) is 14.4. The van der Waals surface area contributed by atoms with Crippen LogP contribution in [0.1, 0.15) is 196 Å². The molecule has 0 unspecified atom stereocenters. The van der Waals surface area contributed by atoms with Gasteiger partial charge in [0.2, 0.25) is 29.1 Å². The second kappa shape index (κ2) is 48.1. The molecular weight excluding hydrogens is 1570 g/mol. The number of hydrogen-bond acceptors (Lipinski definition) is 31. The van der Waals surface area contributed by atoms with Gasteiger partial charge in [0.1, 0.15) is 33.3 Å². The second-order valence-corrected chi connectivity index (χ2v) is 33.8. The summed E-state index contributed by atoms with van der Waals surface area (Å²) in [6.45, 7) is 18.2. The van der Waals surface area contributed by atoms with E-state index in [1.807, 2.05) is 77.9 Å². The summed E-state index contributed by atoms with van der Waals surface area (Å²) in [6.07, 6.45) is 41.3. The van der Waals surface area contributed by atoms with Crippen molar-refractivity contribution in [3.63, 3.8) is 0 Å². The number of nitrogens with two attached hydrogens (primary N) is 3. The van der Waals surface area contributed by atoms with E-state index in [0.717, 1.165) is 225 Å². The number of morpholine rings is 2. The number of ether oxygens (including phenoxy) is 4. The monoisotopic (exact) mass is 1700 g/mol. The Morgan fingerprint density at radius 2 is 0.726 bits per heavy atom. The van der Waals surface area contributed by atoms with Gasteiger partial charge in [0, 0.05) is 155 Å². The van der Waals surface area contributed by atoms with Crippen LogP contribution in [0, 0.1) is 17.8 Å². The molecule has 16 rings (SSSR count). The van der Waals surface area contributed by atoms with Crippen molar-refractivity contribution in [3.05, 3.63) is 132 Å². The van der Waals surface area contributed by atoms with Crippen molar-refractivity contribution in [3.8, 4) is 0 Å². The summed E-state index contributed by atoms with van der Waals surface area (Å²) in [6, 6.07) is 20.4. The van der Waals surface area contributed by atoms with E-state index in [1.165, 1.54) is 24.1 Å². The Kier molecular flexibility index (Phi) is 37.8. The van der Waals surface area contributed by atoms with Gasteiger partial charge in [0.15, 0.2) is 0 Å². The molecule has 7 fully saturated rings. The van der Waals surface area contributed by atoms with Gasteiger partial charge in [-0.15, -0.1) is 0 Å². The Hall–Kier alpha value is -9.05. The van der Waals surface area contributed by atoms with Crippen LogP contribution in [0.5, 0.6) is 0 Å². The molecule has 5 saturated carbocycles. The molecule has 0 atom stereocenters. The highest BCUT2D eigenvalue weighted by Crippen LogP contribution is 2.35. The summed E-state index contributed by atoms with van der Waals surface area (Å²) in [7, 11) is 0. The molecule has 9 heterocycles. The summed E-state index contributed by atoms with van der Waals surface area (Å²) >= 11 is 8.79. The number of anilines is 6. The van der Waals surface area contributed by atoms with Crippen LogP contribution in [0.4, 0.5) is 35.2 Å². The van der Waals surface area contributed by atoms with Crippen LogP contribution in [0.2, 0.25) is 5.28 Å². The predicted molar refractivity (Wildman–Crippen MR) is 460 cm³/mol.